The van der Waals surface area contributed by atoms with Crippen LogP contribution in [0.1, 0.15) is 59.2 Å². The number of aromatic nitrogens is 1. The highest BCUT2D eigenvalue weighted by atomic mass is 32.1. The Bertz CT molecular complexity index is 1320. The molecular formula is C31H40N4O5S. The molecule has 0 spiro atoms. The van der Waals surface area contributed by atoms with Gasteiger partial charge in [-0.2, -0.15) is 0 Å². The van der Waals surface area contributed by atoms with Crippen LogP contribution in [0.2, 0.25) is 0 Å². The lowest BCUT2D eigenvalue weighted by Crippen LogP contribution is -2.39. The van der Waals surface area contributed by atoms with Gasteiger partial charge >= 0.3 is 0 Å². The SMILES string of the molecule is COc1ccc(CN(Cc2ccc3c(c2)OCO3)Cc2nc(C(=O)NCCCN3CCCCC3C)cs2)c(OC)c1. The summed E-state index contributed by atoms with van der Waals surface area (Å²) in [5.41, 5.74) is 2.60. The molecule has 1 fully saturated rings. The van der Waals surface area contributed by atoms with Gasteiger partial charge in [0.05, 0.1) is 20.8 Å². The third kappa shape index (κ3) is 7.69. The number of nitrogens with zero attached hydrogens (tertiary/aromatic N) is 3. The number of piperidine rings is 1. The predicted molar refractivity (Wildman–Crippen MR) is 159 cm³/mol. The fraction of sp³-hybridized carbons (Fsp3) is 0.484. The molecule has 1 saturated heterocycles. The smallest absolute Gasteiger partial charge is 0.270 e. The van der Waals surface area contributed by atoms with E-state index in [0.717, 1.165) is 58.6 Å². The van der Waals surface area contributed by atoms with Crippen molar-refractivity contribution in [3.63, 3.8) is 0 Å². The summed E-state index contributed by atoms with van der Waals surface area (Å²) in [6.45, 7) is 7.24. The molecule has 0 bridgehead atoms. The lowest BCUT2D eigenvalue weighted by Gasteiger charge is -2.33. The normalized spacial score (nSPS) is 16.6. The number of likely N-dealkylation sites (tertiary alicyclic amines) is 1. The third-order valence-electron chi connectivity index (χ3n) is 7.72. The number of rotatable bonds is 13. The lowest BCUT2D eigenvalue weighted by molar-refractivity contribution is 0.0944. The van der Waals surface area contributed by atoms with Gasteiger partial charge in [-0.1, -0.05) is 18.6 Å². The number of nitrogens with one attached hydrogen (secondary N) is 1. The van der Waals surface area contributed by atoms with Gasteiger partial charge in [-0.3, -0.25) is 9.69 Å². The Kier molecular flexibility index (Phi) is 9.97. The summed E-state index contributed by atoms with van der Waals surface area (Å²) in [7, 11) is 3.31. The molecule has 1 aromatic heterocycles. The molecule has 10 heteroatoms. The highest BCUT2D eigenvalue weighted by Gasteiger charge is 2.20. The van der Waals surface area contributed by atoms with E-state index < -0.39 is 0 Å². The molecule has 0 saturated carbocycles. The van der Waals surface area contributed by atoms with E-state index in [-0.39, 0.29) is 12.7 Å². The number of carbonyl (C=O) groups excluding carboxylic acids is 1. The molecule has 1 amide bonds. The molecule has 3 heterocycles. The Hall–Kier alpha value is -3.34. The number of hydrogen-bond acceptors (Lipinski definition) is 9. The maximum absolute atomic E-state index is 12.8. The van der Waals surface area contributed by atoms with E-state index in [9.17, 15) is 4.79 Å². The number of benzene rings is 2. The topological polar surface area (TPSA) is 85.4 Å². The molecule has 1 N–H and O–H groups in total. The maximum atomic E-state index is 12.8. The minimum Gasteiger partial charge on any atom is -0.497 e. The second-order valence-electron chi connectivity index (χ2n) is 10.6. The number of ether oxygens (including phenoxy) is 4. The van der Waals surface area contributed by atoms with Crippen LogP contribution in [0.5, 0.6) is 23.0 Å². The van der Waals surface area contributed by atoms with Crippen molar-refractivity contribution in [3.05, 3.63) is 63.6 Å². The van der Waals surface area contributed by atoms with Crippen molar-refractivity contribution in [2.75, 3.05) is 40.6 Å². The van der Waals surface area contributed by atoms with Crippen LogP contribution in [-0.2, 0) is 19.6 Å². The molecular weight excluding hydrogens is 540 g/mol. The highest BCUT2D eigenvalue weighted by Crippen LogP contribution is 2.33. The van der Waals surface area contributed by atoms with Gasteiger partial charge in [0.2, 0.25) is 6.79 Å². The Balaban J connectivity index is 1.23. The molecule has 2 aliphatic rings. The zero-order chi connectivity index (χ0) is 28.6. The first-order valence-electron chi connectivity index (χ1n) is 14.3. The molecule has 41 heavy (non-hydrogen) atoms. The largest absolute Gasteiger partial charge is 0.497 e. The summed E-state index contributed by atoms with van der Waals surface area (Å²) in [5.74, 6) is 2.91. The van der Waals surface area contributed by atoms with Crippen LogP contribution >= 0.6 is 11.3 Å². The number of methoxy groups -OCH3 is 2. The van der Waals surface area contributed by atoms with E-state index >= 15 is 0 Å². The van der Waals surface area contributed by atoms with Crippen molar-refractivity contribution in [2.45, 2.75) is 58.3 Å². The second kappa shape index (κ2) is 14.0. The van der Waals surface area contributed by atoms with Gasteiger partial charge in [0.15, 0.2) is 11.5 Å². The van der Waals surface area contributed by atoms with Crippen LogP contribution < -0.4 is 24.3 Å². The average molecular weight is 581 g/mol. The Labute approximate surface area is 246 Å². The molecule has 2 aromatic carbocycles. The molecule has 1 atom stereocenters. The van der Waals surface area contributed by atoms with Crippen LogP contribution in [0.4, 0.5) is 0 Å². The minimum absolute atomic E-state index is 0.113. The molecule has 0 aliphatic carbocycles. The van der Waals surface area contributed by atoms with Crippen molar-refractivity contribution in [3.8, 4) is 23.0 Å². The van der Waals surface area contributed by atoms with Gasteiger partial charge < -0.3 is 29.2 Å². The van der Waals surface area contributed by atoms with Gasteiger partial charge in [0.1, 0.15) is 22.2 Å². The van der Waals surface area contributed by atoms with E-state index in [1.165, 1.54) is 30.6 Å². The van der Waals surface area contributed by atoms with Crippen molar-refractivity contribution in [2.24, 2.45) is 0 Å². The quantitative estimate of drug-likeness (QED) is 0.280. The molecule has 2 aliphatic heterocycles. The van der Waals surface area contributed by atoms with E-state index in [2.05, 4.69) is 28.1 Å². The maximum Gasteiger partial charge on any atom is 0.270 e. The zero-order valence-electron chi connectivity index (χ0n) is 24.2. The fourth-order valence-corrected chi connectivity index (χ4v) is 6.25. The summed E-state index contributed by atoms with van der Waals surface area (Å²) >= 11 is 1.51. The number of fused-ring (bicyclic) bond motifs is 1. The van der Waals surface area contributed by atoms with Crippen molar-refractivity contribution < 1.29 is 23.7 Å². The molecule has 1 unspecified atom stereocenters. The lowest BCUT2D eigenvalue weighted by atomic mass is 10.0. The number of amides is 1. The molecule has 3 aromatic rings. The molecule has 0 radical (unpaired) electrons. The summed E-state index contributed by atoms with van der Waals surface area (Å²) in [4.78, 5) is 22.4. The summed E-state index contributed by atoms with van der Waals surface area (Å²) in [6, 6.07) is 12.5. The number of thiazole rings is 1. The summed E-state index contributed by atoms with van der Waals surface area (Å²) in [5, 5.41) is 5.79. The summed E-state index contributed by atoms with van der Waals surface area (Å²) in [6.07, 6.45) is 4.81. The Morgan fingerprint density at radius 1 is 1.10 bits per heavy atom. The number of hydrogen-bond donors (Lipinski definition) is 1. The first-order chi connectivity index (χ1) is 20.0. The first-order valence-corrected chi connectivity index (χ1v) is 15.2. The van der Waals surface area contributed by atoms with Crippen LogP contribution in [0.3, 0.4) is 0 Å². The number of carbonyl (C=O) groups is 1. The first kappa shape index (κ1) is 29.2. The van der Waals surface area contributed by atoms with Crippen LogP contribution in [-0.4, -0.2) is 67.4 Å². The second-order valence-corrected chi connectivity index (χ2v) is 11.6. The standard InChI is InChI=1S/C31H40N4O5S/c1-22-7-4-5-13-35(22)14-6-12-32-31(36)26-20-41-30(33-26)19-34(17-23-8-11-27-29(15-23)40-21-39-27)18-24-9-10-25(37-2)16-28(24)38-3/h8-11,15-16,20,22H,4-7,12-14,17-19,21H2,1-3H3,(H,32,36). The van der Waals surface area contributed by atoms with Gasteiger partial charge in [-0.05, 0) is 56.5 Å². The van der Waals surface area contributed by atoms with Crippen LogP contribution in [0, 0.1) is 0 Å². The zero-order valence-corrected chi connectivity index (χ0v) is 25.0. The average Bonchev–Trinajstić information content (AvgIpc) is 3.66. The van der Waals surface area contributed by atoms with Crippen molar-refractivity contribution >= 4 is 17.2 Å². The van der Waals surface area contributed by atoms with E-state index in [4.69, 9.17) is 23.9 Å². The Morgan fingerprint density at radius 3 is 2.80 bits per heavy atom. The van der Waals surface area contributed by atoms with E-state index in [1.54, 1.807) is 14.2 Å². The predicted octanol–water partition coefficient (Wildman–Crippen LogP) is 5.09. The van der Waals surface area contributed by atoms with Gasteiger partial charge in [0.25, 0.3) is 5.91 Å². The van der Waals surface area contributed by atoms with Gasteiger partial charge in [-0.25, -0.2) is 4.98 Å². The molecule has 5 rings (SSSR count). The van der Waals surface area contributed by atoms with Crippen LogP contribution in [0.25, 0.3) is 0 Å². The molecule has 220 valence electrons. The van der Waals surface area contributed by atoms with Crippen LogP contribution in [0.15, 0.2) is 41.8 Å². The highest BCUT2D eigenvalue weighted by molar-refractivity contribution is 7.09. The van der Waals surface area contributed by atoms with Gasteiger partial charge in [0, 0.05) is 49.2 Å². The monoisotopic (exact) mass is 580 g/mol. The molecule has 9 nitrogen and oxygen atoms in total. The summed E-state index contributed by atoms with van der Waals surface area (Å²) < 4.78 is 22.1. The van der Waals surface area contributed by atoms with E-state index in [1.807, 2.05) is 35.7 Å². The third-order valence-corrected chi connectivity index (χ3v) is 8.56. The van der Waals surface area contributed by atoms with Crippen molar-refractivity contribution in [1.82, 2.24) is 20.1 Å². The Morgan fingerprint density at radius 2 is 1.98 bits per heavy atom. The fourth-order valence-electron chi connectivity index (χ4n) is 5.43. The van der Waals surface area contributed by atoms with Crippen molar-refractivity contribution in [1.29, 1.82) is 0 Å². The van der Waals surface area contributed by atoms with Gasteiger partial charge in [-0.15, -0.1) is 11.3 Å². The minimum atomic E-state index is -0.113. The van der Waals surface area contributed by atoms with E-state index in [0.29, 0.717) is 37.9 Å².